The zero-order valence-corrected chi connectivity index (χ0v) is 16.2. The van der Waals surface area contributed by atoms with Gasteiger partial charge in [-0.3, -0.25) is 4.90 Å². The molecule has 1 aromatic rings. The van der Waals surface area contributed by atoms with Gasteiger partial charge in [0.05, 0.1) is 17.5 Å². The summed E-state index contributed by atoms with van der Waals surface area (Å²) in [5.74, 6) is 0. The largest absolute Gasteiger partial charge is 0.375 e. The van der Waals surface area contributed by atoms with E-state index in [1.807, 2.05) is 0 Å². The number of ether oxygens (including phenoxy) is 1. The Labute approximate surface area is 157 Å². The Morgan fingerprint density at radius 3 is 2.00 bits per heavy atom. The summed E-state index contributed by atoms with van der Waals surface area (Å²) >= 11 is 0. The first-order chi connectivity index (χ1) is 12.6. The molecule has 3 aliphatic rings. The first kappa shape index (κ1) is 18.4. The standard InChI is InChI=1S/C20H30N2O3S/c23-26(24,20-6-7-20)22-14-10-19(11-15-22)25-18-8-12-21(13-9-18)16-17-4-2-1-3-5-17/h1-5,18-20H,6-16H2. The van der Waals surface area contributed by atoms with E-state index in [1.165, 1.54) is 5.56 Å². The van der Waals surface area contributed by atoms with Gasteiger partial charge in [-0.2, -0.15) is 0 Å². The lowest BCUT2D eigenvalue weighted by molar-refractivity contribution is -0.0595. The fraction of sp³-hybridized carbons (Fsp3) is 0.700. The van der Waals surface area contributed by atoms with E-state index in [0.717, 1.165) is 58.2 Å². The number of hydrogen-bond donors (Lipinski definition) is 0. The third-order valence-electron chi connectivity index (χ3n) is 5.87. The van der Waals surface area contributed by atoms with E-state index in [1.54, 1.807) is 4.31 Å². The first-order valence-electron chi connectivity index (χ1n) is 10.0. The van der Waals surface area contributed by atoms with Gasteiger partial charge in [-0.05, 0) is 44.1 Å². The summed E-state index contributed by atoms with van der Waals surface area (Å²) in [6, 6.07) is 10.6. The fourth-order valence-corrected chi connectivity index (χ4v) is 5.99. The van der Waals surface area contributed by atoms with Crippen molar-refractivity contribution in [3.63, 3.8) is 0 Å². The minimum absolute atomic E-state index is 0.0890. The van der Waals surface area contributed by atoms with Crippen molar-refractivity contribution < 1.29 is 13.2 Å². The maximum atomic E-state index is 12.3. The van der Waals surface area contributed by atoms with E-state index >= 15 is 0 Å². The van der Waals surface area contributed by atoms with Gasteiger partial charge in [-0.25, -0.2) is 12.7 Å². The SMILES string of the molecule is O=S(=O)(C1CC1)N1CCC(OC2CCN(Cc3ccccc3)CC2)CC1. The average Bonchev–Trinajstić information content (AvgIpc) is 3.51. The van der Waals surface area contributed by atoms with Crippen LogP contribution >= 0.6 is 0 Å². The van der Waals surface area contributed by atoms with Gasteiger partial charge >= 0.3 is 0 Å². The first-order valence-corrected chi connectivity index (χ1v) is 11.5. The molecule has 0 amide bonds. The zero-order chi connectivity index (χ0) is 18.0. The Morgan fingerprint density at radius 1 is 0.846 bits per heavy atom. The predicted molar refractivity (Wildman–Crippen MR) is 102 cm³/mol. The lowest BCUT2D eigenvalue weighted by Gasteiger charge is -2.36. The summed E-state index contributed by atoms with van der Waals surface area (Å²) in [5, 5.41) is -0.0890. The van der Waals surface area contributed by atoms with Gasteiger partial charge < -0.3 is 4.74 Å². The van der Waals surface area contributed by atoms with Crippen LogP contribution in [0.4, 0.5) is 0 Å². The normalized spacial score (nSPS) is 24.8. The second-order valence-electron chi connectivity index (χ2n) is 7.94. The topological polar surface area (TPSA) is 49.9 Å². The van der Waals surface area contributed by atoms with E-state index in [0.29, 0.717) is 19.2 Å². The molecule has 1 aromatic carbocycles. The molecule has 0 atom stereocenters. The van der Waals surface area contributed by atoms with Crippen molar-refractivity contribution in [3.05, 3.63) is 35.9 Å². The summed E-state index contributed by atoms with van der Waals surface area (Å²) in [6.45, 7) is 4.45. The van der Waals surface area contributed by atoms with E-state index in [4.69, 9.17) is 4.74 Å². The Hall–Kier alpha value is -0.950. The van der Waals surface area contributed by atoms with Gasteiger partial charge in [-0.15, -0.1) is 0 Å². The molecule has 1 saturated carbocycles. The van der Waals surface area contributed by atoms with Crippen LogP contribution in [0, 0.1) is 0 Å². The van der Waals surface area contributed by atoms with Crippen LogP contribution in [0.1, 0.15) is 44.1 Å². The summed E-state index contributed by atoms with van der Waals surface area (Å²) in [7, 11) is -3.01. The maximum Gasteiger partial charge on any atom is 0.216 e. The smallest absolute Gasteiger partial charge is 0.216 e. The predicted octanol–water partition coefficient (Wildman–Crippen LogP) is 2.62. The third kappa shape index (κ3) is 4.47. The number of nitrogens with zero attached hydrogens (tertiary/aromatic N) is 2. The van der Waals surface area contributed by atoms with Crippen LogP contribution in [0.3, 0.4) is 0 Å². The van der Waals surface area contributed by atoms with Gasteiger partial charge in [-0.1, -0.05) is 30.3 Å². The van der Waals surface area contributed by atoms with E-state index in [2.05, 4.69) is 35.2 Å². The molecule has 2 aliphatic heterocycles. The molecule has 0 bridgehead atoms. The molecule has 5 nitrogen and oxygen atoms in total. The summed E-state index contributed by atoms with van der Waals surface area (Å²) in [6.07, 6.45) is 6.10. The lowest BCUT2D eigenvalue weighted by Crippen LogP contribution is -2.44. The number of hydrogen-bond acceptors (Lipinski definition) is 4. The highest BCUT2D eigenvalue weighted by molar-refractivity contribution is 7.90. The molecular weight excluding hydrogens is 348 g/mol. The molecular formula is C20H30N2O3S. The Kier molecular flexibility index (Phi) is 5.64. The second-order valence-corrected chi connectivity index (χ2v) is 10.2. The second kappa shape index (κ2) is 7.97. The fourth-order valence-electron chi connectivity index (χ4n) is 4.12. The van der Waals surface area contributed by atoms with Crippen molar-refractivity contribution in [2.45, 2.75) is 62.5 Å². The van der Waals surface area contributed by atoms with Crippen molar-refractivity contribution in [1.82, 2.24) is 9.21 Å². The van der Waals surface area contributed by atoms with Crippen LogP contribution < -0.4 is 0 Å². The monoisotopic (exact) mass is 378 g/mol. The Morgan fingerprint density at radius 2 is 1.42 bits per heavy atom. The molecule has 4 rings (SSSR count). The summed E-state index contributed by atoms with van der Waals surface area (Å²) < 4.78 is 32.6. The van der Waals surface area contributed by atoms with E-state index in [9.17, 15) is 8.42 Å². The van der Waals surface area contributed by atoms with Crippen LogP contribution in [0.15, 0.2) is 30.3 Å². The van der Waals surface area contributed by atoms with Gasteiger partial charge in [0.25, 0.3) is 0 Å². The van der Waals surface area contributed by atoms with E-state index in [-0.39, 0.29) is 11.4 Å². The van der Waals surface area contributed by atoms with Crippen LogP contribution in [0.2, 0.25) is 0 Å². The number of sulfonamides is 1. The number of rotatable bonds is 6. The highest BCUT2D eigenvalue weighted by atomic mass is 32.2. The molecule has 144 valence electrons. The molecule has 0 N–H and O–H groups in total. The number of piperidine rings is 2. The van der Waals surface area contributed by atoms with Crippen LogP contribution in [0.25, 0.3) is 0 Å². The maximum absolute atomic E-state index is 12.3. The minimum atomic E-state index is -3.01. The van der Waals surface area contributed by atoms with Gasteiger partial charge in [0.15, 0.2) is 0 Å². The van der Waals surface area contributed by atoms with Gasteiger partial charge in [0.2, 0.25) is 10.0 Å². The van der Waals surface area contributed by atoms with Crippen molar-refractivity contribution in [3.8, 4) is 0 Å². The van der Waals surface area contributed by atoms with Crippen molar-refractivity contribution >= 4 is 10.0 Å². The number of benzene rings is 1. The lowest BCUT2D eigenvalue weighted by atomic mass is 10.0. The van der Waals surface area contributed by atoms with Crippen LogP contribution in [-0.2, 0) is 21.3 Å². The average molecular weight is 379 g/mol. The van der Waals surface area contributed by atoms with Gasteiger partial charge in [0, 0.05) is 32.7 Å². The van der Waals surface area contributed by atoms with Gasteiger partial charge in [0.1, 0.15) is 0 Å². The zero-order valence-electron chi connectivity index (χ0n) is 15.4. The molecule has 0 unspecified atom stereocenters. The Bertz CT molecular complexity index is 674. The molecule has 0 spiro atoms. The van der Waals surface area contributed by atoms with E-state index < -0.39 is 10.0 Å². The quantitative estimate of drug-likeness (QED) is 0.764. The molecule has 26 heavy (non-hydrogen) atoms. The third-order valence-corrected chi connectivity index (χ3v) is 8.27. The summed E-state index contributed by atoms with van der Waals surface area (Å²) in [5.41, 5.74) is 1.37. The van der Waals surface area contributed by atoms with Crippen LogP contribution in [0.5, 0.6) is 0 Å². The van der Waals surface area contributed by atoms with Crippen LogP contribution in [-0.4, -0.2) is 61.3 Å². The molecule has 2 heterocycles. The molecule has 2 saturated heterocycles. The minimum Gasteiger partial charge on any atom is -0.375 e. The highest BCUT2D eigenvalue weighted by Crippen LogP contribution is 2.33. The van der Waals surface area contributed by atoms with Crippen molar-refractivity contribution in [2.24, 2.45) is 0 Å². The molecule has 1 aliphatic carbocycles. The highest BCUT2D eigenvalue weighted by Gasteiger charge is 2.41. The number of likely N-dealkylation sites (tertiary alicyclic amines) is 1. The molecule has 6 heteroatoms. The Balaban J connectivity index is 1.18. The molecule has 0 radical (unpaired) electrons. The van der Waals surface area contributed by atoms with Crippen molar-refractivity contribution in [2.75, 3.05) is 26.2 Å². The van der Waals surface area contributed by atoms with Crippen molar-refractivity contribution in [1.29, 1.82) is 0 Å². The molecule has 3 fully saturated rings. The summed E-state index contributed by atoms with van der Waals surface area (Å²) in [4.78, 5) is 2.50. The molecule has 0 aromatic heterocycles.